The van der Waals surface area contributed by atoms with Crippen molar-refractivity contribution in [3.05, 3.63) is 0 Å². The lowest BCUT2D eigenvalue weighted by Gasteiger charge is -2.06. The van der Waals surface area contributed by atoms with Crippen LogP contribution in [0.1, 0.15) is 13.8 Å². The maximum absolute atomic E-state index is 5.19. The number of rotatable bonds is 2. The molecule has 0 spiro atoms. The average molecular weight is 143 g/mol. The maximum atomic E-state index is 5.19. The number of hydrogen-bond donors (Lipinski definition) is 0. The molecule has 0 bridgehead atoms. The van der Waals surface area contributed by atoms with Crippen molar-refractivity contribution in [1.82, 2.24) is 0 Å². The zero-order valence-electron chi connectivity index (χ0n) is 6.46. The molecule has 0 aromatic carbocycles. The molecule has 0 N–H and O–H groups in total. The minimum absolute atomic E-state index is 0.466. The van der Waals surface area contributed by atoms with Crippen LogP contribution in [0.5, 0.6) is 0 Å². The number of nitrogens with zero attached hydrogens (tertiary/aromatic N) is 1. The zero-order valence-corrected chi connectivity index (χ0v) is 6.46. The lowest BCUT2D eigenvalue weighted by Crippen LogP contribution is -2.09. The standard InChI is InChI=1S/C7H13NO2/c1-6(2)5-10-7-8-3-4-9-7/h6H,3-5H2,1-2H3. The van der Waals surface area contributed by atoms with E-state index in [9.17, 15) is 0 Å². The zero-order chi connectivity index (χ0) is 7.40. The van der Waals surface area contributed by atoms with Crippen LogP contribution in [0.25, 0.3) is 0 Å². The molecule has 1 heterocycles. The van der Waals surface area contributed by atoms with Crippen molar-refractivity contribution < 1.29 is 9.47 Å². The highest BCUT2D eigenvalue weighted by Crippen LogP contribution is 1.99. The molecule has 0 aliphatic carbocycles. The van der Waals surface area contributed by atoms with Crippen LogP contribution in [0.15, 0.2) is 4.99 Å². The third-order valence-electron chi connectivity index (χ3n) is 1.10. The van der Waals surface area contributed by atoms with Crippen LogP contribution in [0.2, 0.25) is 0 Å². The first kappa shape index (κ1) is 7.38. The molecule has 58 valence electrons. The molecule has 1 rings (SSSR count). The van der Waals surface area contributed by atoms with Gasteiger partial charge in [-0.2, -0.15) is 0 Å². The Labute approximate surface area is 61.0 Å². The molecule has 0 fully saturated rings. The SMILES string of the molecule is CC(C)COC1=NCCO1. The molecule has 0 saturated heterocycles. The summed E-state index contributed by atoms with van der Waals surface area (Å²) in [4.78, 5) is 3.98. The molecule has 1 aliphatic heterocycles. The van der Waals surface area contributed by atoms with Gasteiger partial charge in [-0.05, 0) is 5.92 Å². The van der Waals surface area contributed by atoms with Crippen molar-refractivity contribution in [1.29, 1.82) is 0 Å². The molecule has 0 aromatic heterocycles. The Morgan fingerprint density at radius 1 is 1.70 bits per heavy atom. The predicted molar refractivity (Wildman–Crippen MR) is 39.0 cm³/mol. The van der Waals surface area contributed by atoms with Crippen LogP contribution in [0.3, 0.4) is 0 Å². The fourth-order valence-corrected chi connectivity index (χ4v) is 0.641. The normalized spacial score (nSPS) is 16.9. The number of ether oxygens (including phenoxy) is 2. The highest BCUT2D eigenvalue weighted by Gasteiger charge is 2.08. The Kier molecular flexibility index (Phi) is 2.54. The van der Waals surface area contributed by atoms with E-state index in [2.05, 4.69) is 18.8 Å². The van der Waals surface area contributed by atoms with Gasteiger partial charge in [-0.15, -0.1) is 0 Å². The first-order valence-corrected chi connectivity index (χ1v) is 3.59. The average Bonchev–Trinajstić information content (AvgIpc) is 2.34. The summed E-state index contributed by atoms with van der Waals surface area (Å²) in [6, 6.07) is 0. The van der Waals surface area contributed by atoms with Crippen LogP contribution < -0.4 is 0 Å². The van der Waals surface area contributed by atoms with Crippen molar-refractivity contribution in [2.75, 3.05) is 19.8 Å². The van der Waals surface area contributed by atoms with E-state index in [0.717, 1.165) is 6.54 Å². The van der Waals surface area contributed by atoms with Gasteiger partial charge in [0.25, 0.3) is 0 Å². The van der Waals surface area contributed by atoms with E-state index in [0.29, 0.717) is 25.2 Å². The molecule has 0 saturated carbocycles. The van der Waals surface area contributed by atoms with E-state index in [4.69, 9.17) is 9.47 Å². The van der Waals surface area contributed by atoms with Gasteiger partial charge < -0.3 is 9.47 Å². The van der Waals surface area contributed by atoms with Gasteiger partial charge in [0.2, 0.25) is 0 Å². The monoisotopic (exact) mass is 143 g/mol. The Balaban J connectivity index is 2.13. The highest BCUT2D eigenvalue weighted by atomic mass is 16.7. The summed E-state index contributed by atoms with van der Waals surface area (Å²) in [5, 5.41) is 0. The van der Waals surface area contributed by atoms with Crippen molar-refractivity contribution in [2.24, 2.45) is 10.9 Å². The quantitative estimate of drug-likeness (QED) is 0.578. The van der Waals surface area contributed by atoms with E-state index in [-0.39, 0.29) is 0 Å². The molecular formula is C7H13NO2. The molecule has 0 atom stereocenters. The van der Waals surface area contributed by atoms with Gasteiger partial charge in [0.05, 0.1) is 13.2 Å². The van der Waals surface area contributed by atoms with Crippen molar-refractivity contribution in [2.45, 2.75) is 13.8 Å². The van der Waals surface area contributed by atoms with Crippen LogP contribution in [0.4, 0.5) is 0 Å². The van der Waals surface area contributed by atoms with Gasteiger partial charge in [0.1, 0.15) is 6.61 Å². The lowest BCUT2D eigenvalue weighted by molar-refractivity contribution is 0.169. The summed E-state index contributed by atoms with van der Waals surface area (Å²) in [6.45, 7) is 6.30. The van der Waals surface area contributed by atoms with Crippen molar-refractivity contribution >= 4 is 6.08 Å². The predicted octanol–water partition coefficient (Wildman–Crippen LogP) is 1.05. The molecule has 0 unspecified atom stereocenters. The van der Waals surface area contributed by atoms with Crippen LogP contribution in [-0.4, -0.2) is 25.8 Å². The van der Waals surface area contributed by atoms with E-state index in [1.54, 1.807) is 0 Å². The van der Waals surface area contributed by atoms with E-state index >= 15 is 0 Å². The summed E-state index contributed by atoms with van der Waals surface area (Å²) >= 11 is 0. The van der Waals surface area contributed by atoms with Gasteiger partial charge in [-0.3, -0.25) is 0 Å². The second-order valence-electron chi connectivity index (χ2n) is 2.70. The molecular weight excluding hydrogens is 130 g/mol. The summed E-state index contributed by atoms with van der Waals surface area (Å²) < 4.78 is 10.2. The van der Waals surface area contributed by atoms with Gasteiger partial charge >= 0.3 is 6.08 Å². The molecule has 0 aromatic rings. The largest absolute Gasteiger partial charge is 0.450 e. The van der Waals surface area contributed by atoms with Crippen LogP contribution >= 0.6 is 0 Å². The molecule has 3 nitrogen and oxygen atoms in total. The minimum atomic E-state index is 0.466. The van der Waals surface area contributed by atoms with Crippen molar-refractivity contribution in [3.8, 4) is 0 Å². The van der Waals surface area contributed by atoms with E-state index in [1.165, 1.54) is 0 Å². The van der Waals surface area contributed by atoms with E-state index in [1.807, 2.05) is 0 Å². The third kappa shape index (κ3) is 2.25. The topological polar surface area (TPSA) is 30.8 Å². The molecule has 0 amide bonds. The fraction of sp³-hybridized carbons (Fsp3) is 0.857. The Bertz CT molecular complexity index is 132. The van der Waals surface area contributed by atoms with Crippen molar-refractivity contribution in [3.63, 3.8) is 0 Å². The van der Waals surface area contributed by atoms with Gasteiger partial charge in [-0.25, -0.2) is 4.99 Å². The minimum Gasteiger partial charge on any atom is -0.450 e. The third-order valence-corrected chi connectivity index (χ3v) is 1.10. The smallest absolute Gasteiger partial charge is 0.383 e. The second kappa shape index (κ2) is 3.44. The molecule has 10 heavy (non-hydrogen) atoms. The number of hydrogen-bond acceptors (Lipinski definition) is 3. The first-order chi connectivity index (χ1) is 4.79. The van der Waals surface area contributed by atoms with Gasteiger partial charge in [-0.1, -0.05) is 13.8 Å². The Morgan fingerprint density at radius 2 is 2.50 bits per heavy atom. The molecule has 3 heteroatoms. The molecule has 1 aliphatic rings. The van der Waals surface area contributed by atoms with Crippen LogP contribution in [-0.2, 0) is 9.47 Å². The van der Waals surface area contributed by atoms with Gasteiger partial charge in [0.15, 0.2) is 0 Å². The van der Waals surface area contributed by atoms with E-state index < -0.39 is 0 Å². The summed E-state index contributed by atoms with van der Waals surface area (Å²) in [6.07, 6.45) is 0.466. The van der Waals surface area contributed by atoms with Gasteiger partial charge in [0, 0.05) is 0 Å². The first-order valence-electron chi connectivity index (χ1n) is 3.59. The summed E-state index contributed by atoms with van der Waals surface area (Å²) in [7, 11) is 0. The second-order valence-corrected chi connectivity index (χ2v) is 2.70. The molecule has 0 radical (unpaired) electrons. The summed E-state index contributed by atoms with van der Waals surface area (Å²) in [5.74, 6) is 0.534. The van der Waals surface area contributed by atoms with Crippen LogP contribution in [0, 0.1) is 5.92 Å². The Hall–Kier alpha value is -0.730. The maximum Gasteiger partial charge on any atom is 0.383 e. The highest BCUT2D eigenvalue weighted by molar-refractivity contribution is 5.68. The Morgan fingerprint density at radius 3 is 3.00 bits per heavy atom. The lowest BCUT2D eigenvalue weighted by atomic mass is 10.2. The number of aliphatic imine (C=N–C) groups is 1. The summed E-state index contributed by atoms with van der Waals surface area (Å²) in [5.41, 5.74) is 0. The fourth-order valence-electron chi connectivity index (χ4n) is 0.641.